The third-order valence-corrected chi connectivity index (χ3v) is 3.87. The highest BCUT2D eigenvalue weighted by molar-refractivity contribution is 5.99. The lowest BCUT2D eigenvalue weighted by Gasteiger charge is -2.35. The van der Waals surface area contributed by atoms with E-state index in [2.05, 4.69) is 29.6 Å². The number of carbonyl (C=O) groups is 1. The Hall–Kier alpha value is -1.59. The number of hydrogen-bond donors (Lipinski definition) is 3. The molecule has 0 saturated carbocycles. The number of nitrogens with zero attached hydrogens (tertiary/aromatic N) is 1. The predicted octanol–water partition coefficient (Wildman–Crippen LogP) is 1.18. The van der Waals surface area contributed by atoms with E-state index in [9.17, 15) is 4.79 Å². The molecule has 2 unspecified atom stereocenters. The Morgan fingerprint density at radius 1 is 1.42 bits per heavy atom. The molecule has 2 rings (SSSR count). The number of anilines is 1. The van der Waals surface area contributed by atoms with Crippen LogP contribution in [0.2, 0.25) is 0 Å². The molecule has 1 heterocycles. The maximum Gasteiger partial charge on any atom is 0.253 e. The Morgan fingerprint density at radius 2 is 2.16 bits per heavy atom. The van der Waals surface area contributed by atoms with E-state index in [0.29, 0.717) is 17.3 Å². The fourth-order valence-corrected chi connectivity index (χ4v) is 2.49. The summed E-state index contributed by atoms with van der Waals surface area (Å²) in [6, 6.07) is 8.01. The largest absolute Gasteiger partial charge is 0.349 e. The summed E-state index contributed by atoms with van der Waals surface area (Å²) in [7, 11) is 2.12. The molecule has 0 bridgehead atoms. The molecule has 4 N–H and O–H groups in total. The first-order chi connectivity index (χ1) is 9.11. The van der Waals surface area contributed by atoms with Gasteiger partial charge in [-0.3, -0.25) is 10.6 Å². The molecule has 5 heteroatoms. The average molecular weight is 262 g/mol. The molecule has 0 radical (unpaired) electrons. The maximum atomic E-state index is 12.3. The molecule has 1 aromatic carbocycles. The van der Waals surface area contributed by atoms with Crippen molar-refractivity contribution in [2.45, 2.75) is 31.8 Å². The zero-order chi connectivity index (χ0) is 13.8. The first-order valence-corrected chi connectivity index (χ1v) is 6.68. The fraction of sp³-hybridized carbons (Fsp3) is 0.500. The van der Waals surface area contributed by atoms with Crippen molar-refractivity contribution in [2.24, 2.45) is 5.84 Å². The van der Waals surface area contributed by atoms with Gasteiger partial charge in [0.2, 0.25) is 0 Å². The van der Waals surface area contributed by atoms with Gasteiger partial charge in [-0.25, -0.2) is 0 Å². The van der Waals surface area contributed by atoms with Crippen LogP contribution in [0.15, 0.2) is 24.3 Å². The molecule has 5 nitrogen and oxygen atoms in total. The highest BCUT2D eigenvalue weighted by atomic mass is 16.1. The molecule has 0 aromatic heterocycles. The molecule has 2 atom stereocenters. The van der Waals surface area contributed by atoms with Crippen LogP contribution in [0.25, 0.3) is 0 Å². The van der Waals surface area contributed by atoms with E-state index in [1.807, 2.05) is 12.1 Å². The summed E-state index contributed by atoms with van der Waals surface area (Å²) < 4.78 is 0. The number of hydrogen-bond acceptors (Lipinski definition) is 4. The van der Waals surface area contributed by atoms with Crippen LogP contribution in [-0.4, -0.2) is 36.5 Å². The molecular formula is C14H22N4O. The molecule has 1 fully saturated rings. The van der Waals surface area contributed by atoms with Gasteiger partial charge in [0.05, 0.1) is 11.3 Å². The van der Waals surface area contributed by atoms with Crippen LogP contribution in [0.4, 0.5) is 5.69 Å². The first-order valence-electron chi connectivity index (χ1n) is 6.68. The second-order valence-electron chi connectivity index (χ2n) is 5.21. The third-order valence-electron chi connectivity index (χ3n) is 3.87. The smallest absolute Gasteiger partial charge is 0.253 e. The Labute approximate surface area is 114 Å². The van der Waals surface area contributed by atoms with Crippen molar-refractivity contribution in [3.63, 3.8) is 0 Å². The fourth-order valence-electron chi connectivity index (χ4n) is 2.49. The van der Waals surface area contributed by atoms with E-state index in [4.69, 9.17) is 5.84 Å². The van der Waals surface area contributed by atoms with Gasteiger partial charge < -0.3 is 15.6 Å². The number of nitrogens with two attached hydrogens (primary N) is 1. The van der Waals surface area contributed by atoms with Crippen LogP contribution in [0.3, 0.4) is 0 Å². The average Bonchev–Trinajstić information content (AvgIpc) is 2.43. The highest BCUT2D eigenvalue weighted by Gasteiger charge is 2.24. The normalized spacial score (nSPS) is 23.9. The van der Waals surface area contributed by atoms with Gasteiger partial charge in [-0.2, -0.15) is 0 Å². The van der Waals surface area contributed by atoms with E-state index < -0.39 is 0 Å². The molecule has 1 amide bonds. The number of carbonyl (C=O) groups excluding carboxylic acids is 1. The van der Waals surface area contributed by atoms with E-state index >= 15 is 0 Å². The maximum absolute atomic E-state index is 12.3. The highest BCUT2D eigenvalue weighted by Crippen LogP contribution is 2.18. The number of nitrogen functional groups attached to an aromatic ring is 1. The van der Waals surface area contributed by atoms with Crippen LogP contribution in [-0.2, 0) is 0 Å². The van der Waals surface area contributed by atoms with Gasteiger partial charge in [0, 0.05) is 18.6 Å². The molecule has 1 aliphatic heterocycles. The van der Waals surface area contributed by atoms with E-state index in [1.165, 1.54) is 0 Å². The molecule has 0 aliphatic carbocycles. The van der Waals surface area contributed by atoms with Crippen molar-refractivity contribution in [3.8, 4) is 0 Å². The molecule has 104 valence electrons. The molecule has 1 saturated heterocycles. The number of likely N-dealkylation sites (tertiary alicyclic amines) is 1. The van der Waals surface area contributed by atoms with Crippen molar-refractivity contribution in [1.29, 1.82) is 0 Å². The zero-order valence-corrected chi connectivity index (χ0v) is 11.5. The van der Waals surface area contributed by atoms with Gasteiger partial charge >= 0.3 is 0 Å². The molecule has 1 aliphatic rings. The lowest BCUT2D eigenvalue weighted by molar-refractivity contribution is 0.0897. The Balaban J connectivity index is 2.01. The standard InChI is InChI=1S/C14H22N4O/c1-10-9-11(7-8-18(10)2)16-14(19)12-5-3-4-6-13(12)17-15/h3-6,10-11,17H,7-9,15H2,1-2H3,(H,16,19). The summed E-state index contributed by atoms with van der Waals surface area (Å²) >= 11 is 0. The molecule has 0 spiro atoms. The Kier molecular flexibility index (Phi) is 4.39. The summed E-state index contributed by atoms with van der Waals surface area (Å²) in [4.78, 5) is 14.6. The minimum atomic E-state index is -0.0599. The van der Waals surface area contributed by atoms with Gasteiger partial charge in [-0.15, -0.1) is 0 Å². The van der Waals surface area contributed by atoms with Crippen molar-refractivity contribution < 1.29 is 4.79 Å². The zero-order valence-electron chi connectivity index (χ0n) is 11.5. The summed E-state index contributed by atoms with van der Waals surface area (Å²) in [5, 5.41) is 3.10. The summed E-state index contributed by atoms with van der Waals surface area (Å²) in [6.45, 7) is 3.20. The van der Waals surface area contributed by atoms with Crippen LogP contribution in [0.1, 0.15) is 30.1 Å². The van der Waals surface area contributed by atoms with Crippen LogP contribution in [0, 0.1) is 0 Å². The Morgan fingerprint density at radius 3 is 2.84 bits per heavy atom. The lowest BCUT2D eigenvalue weighted by Crippen LogP contribution is -2.47. The van der Waals surface area contributed by atoms with Gasteiger partial charge in [0.15, 0.2) is 0 Å². The van der Waals surface area contributed by atoms with Crippen molar-refractivity contribution >= 4 is 11.6 Å². The number of benzene rings is 1. The van der Waals surface area contributed by atoms with Gasteiger partial charge in [0.25, 0.3) is 5.91 Å². The van der Waals surface area contributed by atoms with Crippen LogP contribution in [0.5, 0.6) is 0 Å². The molecule has 19 heavy (non-hydrogen) atoms. The number of hydrazine groups is 1. The molecule has 1 aromatic rings. The lowest BCUT2D eigenvalue weighted by atomic mass is 9.98. The number of amides is 1. The monoisotopic (exact) mass is 262 g/mol. The predicted molar refractivity (Wildman–Crippen MR) is 76.8 cm³/mol. The summed E-state index contributed by atoms with van der Waals surface area (Å²) in [6.07, 6.45) is 1.98. The second kappa shape index (κ2) is 6.04. The minimum absolute atomic E-state index is 0.0599. The van der Waals surface area contributed by atoms with Crippen molar-refractivity contribution in [3.05, 3.63) is 29.8 Å². The van der Waals surface area contributed by atoms with E-state index in [1.54, 1.807) is 12.1 Å². The topological polar surface area (TPSA) is 70.4 Å². The Bertz CT molecular complexity index is 449. The van der Waals surface area contributed by atoms with E-state index in [-0.39, 0.29) is 11.9 Å². The van der Waals surface area contributed by atoms with E-state index in [0.717, 1.165) is 19.4 Å². The second-order valence-corrected chi connectivity index (χ2v) is 5.21. The van der Waals surface area contributed by atoms with Crippen molar-refractivity contribution in [1.82, 2.24) is 10.2 Å². The molecular weight excluding hydrogens is 240 g/mol. The number of para-hydroxylation sites is 1. The van der Waals surface area contributed by atoms with Gasteiger partial charge in [-0.05, 0) is 38.9 Å². The number of nitrogens with one attached hydrogen (secondary N) is 2. The summed E-state index contributed by atoms with van der Waals surface area (Å²) in [5.41, 5.74) is 3.81. The quantitative estimate of drug-likeness (QED) is 0.565. The van der Waals surface area contributed by atoms with Gasteiger partial charge in [0.1, 0.15) is 0 Å². The number of rotatable bonds is 3. The number of piperidine rings is 1. The third kappa shape index (κ3) is 3.24. The summed E-state index contributed by atoms with van der Waals surface area (Å²) in [5.74, 6) is 5.37. The first kappa shape index (κ1) is 13.8. The van der Waals surface area contributed by atoms with Crippen molar-refractivity contribution in [2.75, 3.05) is 19.0 Å². The van der Waals surface area contributed by atoms with Crippen LogP contribution >= 0.6 is 0 Å². The minimum Gasteiger partial charge on any atom is -0.349 e. The van der Waals surface area contributed by atoms with Crippen LogP contribution < -0.4 is 16.6 Å². The SMILES string of the molecule is CC1CC(NC(=O)c2ccccc2NN)CCN1C. The van der Waals surface area contributed by atoms with Gasteiger partial charge in [-0.1, -0.05) is 12.1 Å².